The van der Waals surface area contributed by atoms with Crippen LogP contribution in [0, 0.1) is 0 Å². The van der Waals surface area contributed by atoms with Crippen LogP contribution in [0.2, 0.25) is 0 Å². The van der Waals surface area contributed by atoms with Gasteiger partial charge in [-0.3, -0.25) is 0 Å². The van der Waals surface area contributed by atoms with E-state index in [1.807, 2.05) is 6.92 Å². The van der Waals surface area contributed by atoms with Crippen LogP contribution in [0.1, 0.15) is 6.92 Å². The Labute approximate surface area is 275 Å². The zero-order valence-corrected chi connectivity index (χ0v) is 26.7. The van der Waals surface area contributed by atoms with Gasteiger partial charge in [0.25, 0.3) is 0 Å². The molecule has 0 bridgehead atoms. The lowest BCUT2D eigenvalue weighted by Gasteiger charge is -2.13. The summed E-state index contributed by atoms with van der Waals surface area (Å²) in [6.07, 6.45) is 1.75. The van der Waals surface area contributed by atoms with Gasteiger partial charge in [-0.15, -0.1) is 6.58 Å². The van der Waals surface area contributed by atoms with E-state index in [9.17, 15) is 0 Å². The minimum absolute atomic E-state index is 1.17. The second kappa shape index (κ2) is 12.8. The molecule has 0 atom stereocenters. The SMILES string of the molecule is C=CC.CN.c1ccc(-n2c3ccccc3c3cc(-c4cccc(-c5ccc6[nH]c7ccccc7c6c5)c4)c4ccccc4c32)cc1. The van der Waals surface area contributed by atoms with Crippen molar-refractivity contribution in [3.05, 3.63) is 164 Å². The molecule has 47 heavy (non-hydrogen) atoms. The highest BCUT2D eigenvalue weighted by atomic mass is 15.0. The van der Waals surface area contributed by atoms with E-state index >= 15 is 0 Å². The Kier molecular flexibility index (Phi) is 8.14. The average Bonchev–Trinajstić information content (AvgIpc) is 3.68. The van der Waals surface area contributed by atoms with Crippen LogP contribution < -0.4 is 5.73 Å². The van der Waals surface area contributed by atoms with Crippen molar-refractivity contribution in [1.29, 1.82) is 0 Å². The zero-order chi connectivity index (χ0) is 32.3. The minimum atomic E-state index is 1.17. The van der Waals surface area contributed by atoms with Crippen LogP contribution in [0.15, 0.2) is 164 Å². The van der Waals surface area contributed by atoms with Crippen molar-refractivity contribution in [2.24, 2.45) is 5.73 Å². The van der Waals surface area contributed by atoms with Gasteiger partial charge in [0.15, 0.2) is 0 Å². The van der Waals surface area contributed by atoms with Crippen molar-refractivity contribution in [3.63, 3.8) is 0 Å². The van der Waals surface area contributed by atoms with Gasteiger partial charge in [0.1, 0.15) is 0 Å². The number of allylic oxidation sites excluding steroid dienone is 1. The predicted molar refractivity (Wildman–Crippen MR) is 205 cm³/mol. The van der Waals surface area contributed by atoms with Crippen molar-refractivity contribution >= 4 is 54.4 Å². The van der Waals surface area contributed by atoms with Gasteiger partial charge in [-0.1, -0.05) is 109 Å². The molecule has 228 valence electrons. The molecule has 9 aromatic rings. The lowest BCUT2D eigenvalue weighted by molar-refractivity contribution is 1.19. The average molecular weight is 608 g/mol. The summed E-state index contributed by atoms with van der Waals surface area (Å²) in [6, 6.07) is 55.0. The van der Waals surface area contributed by atoms with Crippen LogP contribution in [0.25, 0.3) is 82.3 Å². The van der Waals surface area contributed by atoms with Crippen LogP contribution in [0.4, 0.5) is 0 Å². The lowest BCUT2D eigenvalue weighted by atomic mass is 9.93. The second-order valence-electron chi connectivity index (χ2n) is 11.5. The highest BCUT2D eigenvalue weighted by molar-refractivity contribution is 6.22. The number of hydrogen-bond acceptors (Lipinski definition) is 1. The first-order valence-corrected chi connectivity index (χ1v) is 16.0. The smallest absolute Gasteiger partial charge is 0.0619 e. The van der Waals surface area contributed by atoms with Crippen LogP contribution in [0.5, 0.6) is 0 Å². The van der Waals surface area contributed by atoms with E-state index in [2.05, 4.69) is 174 Å². The third-order valence-electron chi connectivity index (χ3n) is 8.70. The summed E-state index contributed by atoms with van der Waals surface area (Å²) in [4.78, 5) is 3.56. The van der Waals surface area contributed by atoms with Gasteiger partial charge >= 0.3 is 0 Å². The quantitative estimate of drug-likeness (QED) is 0.193. The summed E-state index contributed by atoms with van der Waals surface area (Å²) in [7, 11) is 1.50. The molecule has 0 unspecified atom stereocenters. The third-order valence-corrected chi connectivity index (χ3v) is 8.70. The molecule has 3 heteroatoms. The minimum Gasteiger partial charge on any atom is -0.355 e. The highest BCUT2D eigenvalue weighted by Gasteiger charge is 2.18. The first kappa shape index (κ1) is 29.8. The molecule has 3 nitrogen and oxygen atoms in total. The number of hydrogen-bond donors (Lipinski definition) is 2. The van der Waals surface area contributed by atoms with Gasteiger partial charge in [-0.25, -0.2) is 0 Å². The van der Waals surface area contributed by atoms with E-state index in [1.165, 1.54) is 89.4 Å². The van der Waals surface area contributed by atoms with Crippen LogP contribution in [-0.2, 0) is 0 Å². The van der Waals surface area contributed by atoms with Crippen molar-refractivity contribution in [1.82, 2.24) is 9.55 Å². The molecule has 9 rings (SSSR count). The zero-order valence-electron chi connectivity index (χ0n) is 26.7. The number of para-hydroxylation sites is 3. The van der Waals surface area contributed by atoms with Crippen molar-refractivity contribution in [2.75, 3.05) is 7.05 Å². The lowest BCUT2D eigenvalue weighted by Crippen LogP contribution is -1.94. The van der Waals surface area contributed by atoms with Crippen molar-refractivity contribution < 1.29 is 0 Å². The van der Waals surface area contributed by atoms with Crippen LogP contribution in [-0.4, -0.2) is 16.6 Å². The number of nitrogens with two attached hydrogens (primary N) is 1. The second-order valence-corrected chi connectivity index (χ2v) is 11.5. The molecule has 0 saturated heterocycles. The molecule has 3 N–H and O–H groups in total. The molecule has 0 saturated carbocycles. The number of rotatable bonds is 3. The molecule has 0 aliphatic carbocycles. The fourth-order valence-corrected chi connectivity index (χ4v) is 6.80. The number of nitrogens with zero attached hydrogens (tertiary/aromatic N) is 1. The topological polar surface area (TPSA) is 46.7 Å². The fraction of sp³-hybridized carbons (Fsp3) is 0.0455. The summed E-state index contributed by atoms with van der Waals surface area (Å²) in [5.74, 6) is 0. The molecule has 0 aliphatic heterocycles. The maximum Gasteiger partial charge on any atom is 0.0619 e. The number of H-pyrrole nitrogens is 1. The molecule has 0 amide bonds. The highest BCUT2D eigenvalue weighted by Crippen LogP contribution is 2.42. The van der Waals surface area contributed by atoms with E-state index in [-0.39, 0.29) is 0 Å². The monoisotopic (exact) mass is 607 g/mol. The molecule has 2 heterocycles. The van der Waals surface area contributed by atoms with Gasteiger partial charge in [-0.2, -0.15) is 0 Å². The number of aromatic amines is 1. The normalized spacial score (nSPS) is 11.0. The van der Waals surface area contributed by atoms with Gasteiger partial charge in [-0.05, 0) is 90.1 Å². The van der Waals surface area contributed by atoms with Crippen molar-refractivity contribution in [2.45, 2.75) is 6.92 Å². The van der Waals surface area contributed by atoms with E-state index in [0.717, 1.165) is 0 Å². The number of nitrogens with one attached hydrogen (secondary N) is 1. The summed E-state index contributed by atoms with van der Waals surface area (Å²) in [5, 5.41) is 7.58. The molecule has 2 aromatic heterocycles. The summed E-state index contributed by atoms with van der Waals surface area (Å²) in [6.45, 7) is 5.25. The van der Waals surface area contributed by atoms with Gasteiger partial charge in [0.05, 0.1) is 11.0 Å². The summed E-state index contributed by atoms with van der Waals surface area (Å²) in [5.41, 5.74) is 15.4. The maximum atomic E-state index is 4.50. The Balaban J connectivity index is 0.000000667. The summed E-state index contributed by atoms with van der Waals surface area (Å²) >= 11 is 0. The van der Waals surface area contributed by atoms with E-state index in [0.29, 0.717) is 0 Å². The Morgan fingerprint density at radius 3 is 1.89 bits per heavy atom. The Morgan fingerprint density at radius 1 is 0.511 bits per heavy atom. The van der Waals surface area contributed by atoms with Gasteiger partial charge in [0.2, 0.25) is 0 Å². The Hall–Kier alpha value is -5.90. The molecular formula is C44H37N3. The molecule has 0 aliphatic rings. The first-order valence-electron chi connectivity index (χ1n) is 16.0. The molecule has 0 radical (unpaired) electrons. The number of fused-ring (bicyclic) bond motifs is 8. The van der Waals surface area contributed by atoms with Crippen molar-refractivity contribution in [3.8, 4) is 27.9 Å². The molecule has 7 aromatic carbocycles. The van der Waals surface area contributed by atoms with E-state index in [4.69, 9.17) is 0 Å². The molecule has 0 spiro atoms. The van der Waals surface area contributed by atoms with Crippen LogP contribution in [0.3, 0.4) is 0 Å². The van der Waals surface area contributed by atoms with Crippen LogP contribution >= 0.6 is 0 Å². The molecule has 0 fully saturated rings. The number of aromatic nitrogens is 2. The van der Waals surface area contributed by atoms with E-state index < -0.39 is 0 Å². The fourth-order valence-electron chi connectivity index (χ4n) is 6.80. The van der Waals surface area contributed by atoms with E-state index in [1.54, 1.807) is 6.08 Å². The molecular weight excluding hydrogens is 571 g/mol. The largest absolute Gasteiger partial charge is 0.355 e. The predicted octanol–water partition coefficient (Wildman–Crippen LogP) is 11.7. The summed E-state index contributed by atoms with van der Waals surface area (Å²) < 4.78 is 2.42. The maximum absolute atomic E-state index is 4.50. The standard InChI is InChI=1S/C40H26N2.C3H6.CH5N/c1-2-13-29(14-3-1)42-39-20-9-7-17-32(39)36-25-34(30-15-4-5-18-33(30)40(36)42)28-12-10-11-26(23-28)27-21-22-38-35(24-27)31-16-6-8-19-37(31)41-38;1-3-2;1-2/h1-25,41H;3H,1H2,2H3;2H2,1H3. The van der Waals surface area contributed by atoms with Gasteiger partial charge < -0.3 is 15.3 Å². The van der Waals surface area contributed by atoms with Gasteiger partial charge in [0, 0.05) is 43.7 Å². The third kappa shape index (κ3) is 5.17. The Bertz CT molecular complexity index is 2510. The Morgan fingerprint density at radius 2 is 1.11 bits per heavy atom. The number of benzene rings is 7. The first-order chi connectivity index (χ1) is 23.2.